The van der Waals surface area contributed by atoms with Crippen LogP contribution < -0.4 is 0 Å². The van der Waals surface area contributed by atoms with Crippen molar-refractivity contribution in [2.24, 2.45) is 0 Å². The lowest BCUT2D eigenvalue weighted by molar-refractivity contribution is -0.141. The second-order valence-electron chi connectivity index (χ2n) is 2.84. The highest BCUT2D eigenvalue weighted by atomic mass is 35.5. The number of carbonyl (C=O) groups excluding carboxylic acids is 1. The topological polar surface area (TPSA) is 26.3 Å². The second kappa shape index (κ2) is 7.41. The van der Waals surface area contributed by atoms with E-state index in [2.05, 4.69) is 6.92 Å². The normalized spacial score (nSPS) is 12.6. The fourth-order valence-corrected chi connectivity index (χ4v) is 1.04. The maximum atomic E-state index is 10.3. The highest BCUT2D eigenvalue weighted by molar-refractivity contribution is 6.20. The van der Waals surface area contributed by atoms with Crippen LogP contribution in [0.4, 0.5) is 0 Å². The molecule has 0 aromatic heterocycles. The van der Waals surface area contributed by atoms with E-state index in [0.29, 0.717) is 6.61 Å². The predicted molar refractivity (Wildman–Crippen MR) is 50.4 cm³/mol. The highest BCUT2D eigenvalue weighted by Crippen LogP contribution is 2.10. The third kappa shape index (κ3) is 7.86. The van der Waals surface area contributed by atoms with Crippen LogP contribution in [0.25, 0.3) is 0 Å². The zero-order chi connectivity index (χ0) is 9.40. The Hall–Kier alpha value is -0.240. The lowest BCUT2D eigenvalue weighted by Crippen LogP contribution is -2.02. The molecule has 12 heavy (non-hydrogen) atoms. The molecule has 0 bridgehead atoms. The van der Waals surface area contributed by atoms with Gasteiger partial charge in [-0.25, -0.2) is 0 Å². The van der Waals surface area contributed by atoms with Crippen molar-refractivity contribution in [3.8, 4) is 0 Å². The van der Waals surface area contributed by atoms with Crippen molar-refractivity contribution in [1.29, 1.82) is 0 Å². The summed E-state index contributed by atoms with van der Waals surface area (Å²) < 4.78 is 4.78. The minimum absolute atomic E-state index is 0.201. The standard InChI is InChI=1S/C9H17ClO2/c1-3-9(10)6-4-5-7-12-8(2)11/h9H,3-7H2,1-2H3. The lowest BCUT2D eigenvalue weighted by atomic mass is 10.1. The first-order chi connectivity index (χ1) is 5.66. The maximum absolute atomic E-state index is 10.3. The molecule has 0 radical (unpaired) electrons. The van der Waals surface area contributed by atoms with Crippen molar-refractivity contribution in [2.45, 2.75) is 44.9 Å². The molecule has 0 saturated heterocycles. The molecular weight excluding hydrogens is 176 g/mol. The van der Waals surface area contributed by atoms with Crippen LogP contribution in [0.3, 0.4) is 0 Å². The number of unbranched alkanes of at least 4 members (excludes halogenated alkanes) is 1. The van der Waals surface area contributed by atoms with Crippen molar-refractivity contribution < 1.29 is 9.53 Å². The van der Waals surface area contributed by atoms with E-state index >= 15 is 0 Å². The van der Waals surface area contributed by atoms with Gasteiger partial charge in [0.2, 0.25) is 0 Å². The van der Waals surface area contributed by atoms with E-state index < -0.39 is 0 Å². The Labute approximate surface area is 79.2 Å². The van der Waals surface area contributed by atoms with Crippen LogP contribution in [-0.2, 0) is 9.53 Å². The van der Waals surface area contributed by atoms with E-state index in [1.54, 1.807) is 0 Å². The molecule has 0 aliphatic heterocycles. The van der Waals surface area contributed by atoms with Crippen LogP contribution in [-0.4, -0.2) is 18.0 Å². The van der Waals surface area contributed by atoms with Gasteiger partial charge in [0.15, 0.2) is 0 Å². The number of alkyl halides is 1. The molecular formula is C9H17ClO2. The van der Waals surface area contributed by atoms with Gasteiger partial charge in [-0.15, -0.1) is 11.6 Å². The molecule has 0 rings (SSSR count). The molecule has 0 aliphatic rings. The lowest BCUT2D eigenvalue weighted by Gasteiger charge is -2.05. The molecule has 0 fully saturated rings. The third-order valence-electron chi connectivity index (χ3n) is 1.66. The van der Waals surface area contributed by atoms with Crippen LogP contribution in [0.1, 0.15) is 39.5 Å². The number of esters is 1. The number of carbonyl (C=O) groups is 1. The molecule has 0 N–H and O–H groups in total. The summed E-state index contributed by atoms with van der Waals surface area (Å²) >= 11 is 5.90. The Bertz CT molecular complexity index is 126. The number of ether oxygens (including phenoxy) is 1. The van der Waals surface area contributed by atoms with Gasteiger partial charge in [-0.1, -0.05) is 6.92 Å². The monoisotopic (exact) mass is 192 g/mol. The zero-order valence-corrected chi connectivity index (χ0v) is 8.56. The van der Waals surface area contributed by atoms with Crippen molar-refractivity contribution in [3.63, 3.8) is 0 Å². The molecule has 2 nitrogen and oxygen atoms in total. The first-order valence-corrected chi connectivity index (χ1v) is 4.88. The quantitative estimate of drug-likeness (QED) is 0.368. The van der Waals surface area contributed by atoms with Gasteiger partial charge >= 0.3 is 5.97 Å². The van der Waals surface area contributed by atoms with Gasteiger partial charge in [-0.2, -0.15) is 0 Å². The van der Waals surface area contributed by atoms with E-state index in [1.807, 2.05) is 0 Å². The predicted octanol–water partition coefficient (Wildman–Crippen LogP) is 2.74. The number of halogens is 1. The summed E-state index contributed by atoms with van der Waals surface area (Å²) in [5.41, 5.74) is 0. The van der Waals surface area contributed by atoms with Crippen molar-refractivity contribution in [2.75, 3.05) is 6.61 Å². The number of rotatable bonds is 6. The summed E-state index contributed by atoms with van der Waals surface area (Å²) in [6, 6.07) is 0. The van der Waals surface area contributed by atoms with Gasteiger partial charge in [-0.3, -0.25) is 4.79 Å². The van der Waals surface area contributed by atoms with E-state index in [0.717, 1.165) is 25.7 Å². The smallest absolute Gasteiger partial charge is 0.302 e. The maximum Gasteiger partial charge on any atom is 0.302 e. The molecule has 0 heterocycles. The summed E-state index contributed by atoms with van der Waals surface area (Å²) in [7, 11) is 0. The van der Waals surface area contributed by atoms with E-state index in [9.17, 15) is 4.79 Å². The summed E-state index contributed by atoms with van der Waals surface area (Å²) in [6.07, 6.45) is 3.98. The Balaban J connectivity index is 3.05. The second-order valence-corrected chi connectivity index (χ2v) is 3.46. The summed E-state index contributed by atoms with van der Waals surface area (Å²) in [6.45, 7) is 4.03. The molecule has 0 aromatic rings. The molecule has 1 unspecified atom stereocenters. The average molecular weight is 193 g/mol. The molecule has 0 saturated carbocycles. The molecule has 72 valence electrons. The Morgan fingerprint density at radius 3 is 2.67 bits per heavy atom. The minimum Gasteiger partial charge on any atom is -0.466 e. The van der Waals surface area contributed by atoms with Crippen LogP contribution in [0.2, 0.25) is 0 Å². The molecule has 0 amide bonds. The molecule has 1 atom stereocenters. The van der Waals surface area contributed by atoms with Gasteiger partial charge in [0, 0.05) is 12.3 Å². The molecule has 0 aromatic carbocycles. The molecule has 3 heteroatoms. The fourth-order valence-electron chi connectivity index (χ4n) is 0.888. The van der Waals surface area contributed by atoms with Crippen molar-refractivity contribution >= 4 is 17.6 Å². The van der Waals surface area contributed by atoms with Crippen LogP contribution in [0.15, 0.2) is 0 Å². The van der Waals surface area contributed by atoms with Gasteiger partial charge in [-0.05, 0) is 25.7 Å². The van der Waals surface area contributed by atoms with Gasteiger partial charge in [0.25, 0.3) is 0 Å². The van der Waals surface area contributed by atoms with Crippen LogP contribution in [0.5, 0.6) is 0 Å². The zero-order valence-electron chi connectivity index (χ0n) is 7.81. The molecule has 0 aliphatic carbocycles. The summed E-state index contributed by atoms with van der Waals surface area (Å²) in [5, 5.41) is 0.280. The van der Waals surface area contributed by atoms with Crippen molar-refractivity contribution in [3.05, 3.63) is 0 Å². The van der Waals surface area contributed by atoms with Crippen LogP contribution in [0, 0.1) is 0 Å². The third-order valence-corrected chi connectivity index (χ3v) is 2.19. The number of hydrogen-bond acceptors (Lipinski definition) is 2. The largest absolute Gasteiger partial charge is 0.466 e. The fraction of sp³-hybridized carbons (Fsp3) is 0.889. The van der Waals surface area contributed by atoms with Crippen molar-refractivity contribution in [1.82, 2.24) is 0 Å². The summed E-state index contributed by atoms with van der Waals surface area (Å²) in [4.78, 5) is 10.3. The first-order valence-electron chi connectivity index (χ1n) is 4.44. The van der Waals surface area contributed by atoms with Gasteiger partial charge < -0.3 is 4.74 Å². The van der Waals surface area contributed by atoms with E-state index in [1.165, 1.54) is 6.92 Å². The van der Waals surface area contributed by atoms with E-state index in [4.69, 9.17) is 16.3 Å². The summed E-state index contributed by atoms with van der Waals surface area (Å²) in [5.74, 6) is -0.201. The van der Waals surface area contributed by atoms with Gasteiger partial charge in [0.05, 0.1) is 6.61 Å². The highest BCUT2D eigenvalue weighted by Gasteiger charge is 2.00. The number of hydrogen-bond donors (Lipinski definition) is 0. The Kier molecular flexibility index (Phi) is 7.26. The average Bonchev–Trinajstić information content (AvgIpc) is 2.03. The SMILES string of the molecule is CCC(Cl)CCCCOC(C)=O. The van der Waals surface area contributed by atoms with Gasteiger partial charge in [0.1, 0.15) is 0 Å². The van der Waals surface area contributed by atoms with Crippen LogP contribution >= 0.6 is 11.6 Å². The first kappa shape index (κ1) is 11.8. The molecule has 0 spiro atoms. The minimum atomic E-state index is -0.201. The Morgan fingerprint density at radius 2 is 2.17 bits per heavy atom. The Morgan fingerprint density at radius 1 is 1.50 bits per heavy atom. The van der Waals surface area contributed by atoms with E-state index in [-0.39, 0.29) is 11.3 Å².